The van der Waals surface area contributed by atoms with Crippen LogP contribution < -0.4 is 0 Å². The van der Waals surface area contributed by atoms with E-state index in [0.29, 0.717) is 23.6 Å². The predicted molar refractivity (Wildman–Crippen MR) is 130 cm³/mol. The minimum Gasteiger partial charge on any atom is -0.483 e. The van der Waals surface area contributed by atoms with Gasteiger partial charge in [0, 0.05) is 0 Å². The highest BCUT2D eigenvalue weighted by molar-refractivity contribution is 5.97. The van der Waals surface area contributed by atoms with E-state index in [-0.39, 0.29) is 23.9 Å². The molecule has 0 amide bonds. The highest BCUT2D eigenvalue weighted by Gasteiger charge is 2.41. The van der Waals surface area contributed by atoms with Gasteiger partial charge in [0.15, 0.2) is 0 Å². The molecule has 0 aromatic rings. The van der Waals surface area contributed by atoms with Crippen molar-refractivity contribution in [1.29, 1.82) is 0 Å². The normalized spacial score (nSPS) is 30.4. The zero-order valence-electron chi connectivity index (χ0n) is 21.6. The lowest BCUT2D eigenvalue weighted by Gasteiger charge is -2.35. The van der Waals surface area contributed by atoms with Gasteiger partial charge < -0.3 is 18.9 Å². The lowest BCUT2D eigenvalue weighted by atomic mass is 9.88. The van der Waals surface area contributed by atoms with E-state index in [1.165, 1.54) is 0 Å². The van der Waals surface area contributed by atoms with E-state index in [0.717, 1.165) is 25.7 Å². The van der Waals surface area contributed by atoms with Gasteiger partial charge in [-0.15, -0.1) is 0 Å². The lowest BCUT2D eigenvalue weighted by Crippen LogP contribution is -2.45. The fraction of sp³-hybridized carbons (Fsp3) is 0.833. The van der Waals surface area contributed by atoms with Gasteiger partial charge in [0.25, 0.3) is 0 Å². The lowest BCUT2D eigenvalue weighted by molar-refractivity contribution is 0.293. The summed E-state index contributed by atoms with van der Waals surface area (Å²) in [6, 6.07) is -0.222. The summed E-state index contributed by atoms with van der Waals surface area (Å²) in [6.07, 6.45) is 3.43. The first-order valence-corrected chi connectivity index (χ1v) is 11.6. The third-order valence-corrected chi connectivity index (χ3v) is 6.30. The van der Waals surface area contributed by atoms with Crippen LogP contribution in [0.1, 0.15) is 67.2 Å². The Balaban J connectivity index is 2.11. The summed E-state index contributed by atoms with van der Waals surface area (Å²) in [5.74, 6) is 3.24. The Hall–Kier alpha value is -2.12. The zero-order chi connectivity index (χ0) is 24.1. The molecular weight excluding hydrogens is 408 g/mol. The first-order chi connectivity index (χ1) is 15.0. The van der Waals surface area contributed by atoms with Gasteiger partial charge in [0.1, 0.15) is 23.2 Å². The molecule has 0 saturated carbocycles. The summed E-state index contributed by atoms with van der Waals surface area (Å²) in [5.41, 5.74) is -1.08. The fourth-order valence-corrected chi connectivity index (χ4v) is 4.37. The maximum absolute atomic E-state index is 5.65. The van der Waals surface area contributed by atoms with Crippen molar-refractivity contribution in [3.63, 3.8) is 0 Å². The van der Waals surface area contributed by atoms with E-state index in [2.05, 4.69) is 41.5 Å². The van der Waals surface area contributed by atoms with Crippen molar-refractivity contribution in [3.05, 3.63) is 0 Å². The molecule has 0 bridgehead atoms. The molecule has 32 heavy (non-hydrogen) atoms. The second-order valence-electron chi connectivity index (χ2n) is 9.72. The van der Waals surface area contributed by atoms with Gasteiger partial charge >= 0.3 is 0 Å². The van der Waals surface area contributed by atoms with Crippen LogP contribution in [0.2, 0.25) is 0 Å². The number of aliphatic imine (C=N–C) groups is 4. The highest BCUT2D eigenvalue weighted by Crippen LogP contribution is 2.32. The van der Waals surface area contributed by atoms with Gasteiger partial charge in [-0.2, -0.15) is 0 Å². The molecule has 0 fully saturated rings. The predicted octanol–water partition coefficient (Wildman–Crippen LogP) is 4.32. The number of rotatable bonds is 7. The molecule has 0 N–H and O–H groups in total. The SMILES string of the molecule is COC1=N[C@@](C)(CCCC[C@]2(C)N=C(OC)[C@@H](C(C)C)N=C2OC)C(OC)=N[C@@H]1C(C)C. The second kappa shape index (κ2) is 10.7. The average Bonchev–Trinajstić information content (AvgIpc) is 2.75. The van der Waals surface area contributed by atoms with Crippen molar-refractivity contribution in [2.45, 2.75) is 90.4 Å². The van der Waals surface area contributed by atoms with Crippen molar-refractivity contribution < 1.29 is 18.9 Å². The number of unbranched alkanes of at least 4 members (excludes halogenated alkanes) is 1. The molecular formula is C24H42N4O4. The first-order valence-electron chi connectivity index (χ1n) is 11.6. The number of methoxy groups -OCH3 is 4. The molecule has 8 heteroatoms. The minimum atomic E-state index is -0.541. The Kier molecular flexibility index (Phi) is 8.71. The molecule has 0 aliphatic carbocycles. The summed E-state index contributed by atoms with van der Waals surface area (Å²) in [5, 5.41) is 0. The van der Waals surface area contributed by atoms with E-state index in [1.54, 1.807) is 28.4 Å². The molecule has 2 heterocycles. The number of hydrogen-bond donors (Lipinski definition) is 0. The number of ether oxygens (including phenoxy) is 4. The van der Waals surface area contributed by atoms with Crippen LogP contribution in [0.4, 0.5) is 0 Å². The third-order valence-electron chi connectivity index (χ3n) is 6.30. The molecule has 0 saturated heterocycles. The van der Waals surface area contributed by atoms with E-state index in [9.17, 15) is 0 Å². The summed E-state index contributed by atoms with van der Waals surface area (Å²) >= 11 is 0. The largest absolute Gasteiger partial charge is 0.483 e. The van der Waals surface area contributed by atoms with Gasteiger partial charge in [-0.25, -0.2) is 20.0 Å². The van der Waals surface area contributed by atoms with E-state index < -0.39 is 11.1 Å². The quantitative estimate of drug-likeness (QED) is 0.541. The molecule has 0 unspecified atom stereocenters. The molecule has 0 spiro atoms. The monoisotopic (exact) mass is 450 g/mol. The smallest absolute Gasteiger partial charge is 0.212 e. The Labute approximate surface area is 193 Å². The van der Waals surface area contributed by atoms with Crippen molar-refractivity contribution in [2.24, 2.45) is 31.8 Å². The van der Waals surface area contributed by atoms with Crippen LogP contribution in [-0.4, -0.2) is 75.2 Å². The topological polar surface area (TPSA) is 86.4 Å². The summed E-state index contributed by atoms with van der Waals surface area (Å²) in [7, 11) is 6.65. The van der Waals surface area contributed by atoms with Crippen LogP contribution in [0.25, 0.3) is 0 Å². The van der Waals surface area contributed by atoms with Crippen molar-refractivity contribution in [1.82, 2.24) is 0 Å². The Morgan fingerprint density at radius 2 is 1.00 bits per heavy atom. The van der Waals surface area contributed by atoms with E-state index in [1.807, 2.05) is 0 Å². The van der Waals surface area contributed by atoms with Gasteiger partial charge in [0.2, 0.25) is 23.6 Å². The van der Waals surface area contributed by atoms with Crippen molar-refractivity contribution in [2.75, 3.05) is 28.4 Å². The average molecular weight is 451 g/mol. The van der Waals surface area contributed by atoms with Gasteiger partial charge in [0.05, 0.1) is 28.4 Å². The summed E-state index contributed by atoms with van der Waals surface area (Å²) in [4.78, 5) is 19.5. The van der Waals surface area contributed by atoms with Crippen LogP contribution >= 0.6 is 0 Å². The van der Waals surface area contributed by atoms with Gasteiger partial charge in [-0.05, 0) is 38.5 Å². The molecule has 0 aromatic heterocycles. The first kappa shape index (κ1) is 26.1. The maximum atomic E-state index is 5.65. The van der Waals surface area contributed by atoms with E-state index >= 15 is 0 Å². The maximum Gasteiger partial charge on any atom is 0.212 e. The molecule has 182 valence electrons. The van der Waals surface area contributed by atoms with Crippen molar-refractivity contribution in [3.8, 4) is 0 Å². The van der Waals surface area contributed by atoms with Crippen LogP contribution in [0.3, 0.4) is 0 Å². The molecule has 2 aliphatic rings. The highest BCUT2D eigenvalue weighted by atomic mass is 16.5. The molecule has 2 rings (SSSR count). The molecule has 4 atom stereocenters. The van der Waals surface area contributed by atoms with E-state index in [4.69, 9.17) is 38.9 Å². The van der Waals surface area contributed by atoms with Crippen molar-refractivity contribution >= 4 is 23.6 Å². The minimum absolute atomic E-state index is 0.111. The molecule has 2 aliphatic heterocycles. The Morgan fingerprint density at radius 3 is 1.25 bits per heavy atom. The molecule has 0 aromatic carbocycles. The summed E-state index contributed by atoms with van der Waals surface area (Å²) < 4.78 is 22.5. The standard InChI is InChI=1S/C24H42N4O4/c1-15(2)17-19(29-7)27-23(5,21(25-17)31-9)13-11-12-14-24(6)22(32-10)26-18(16(3)4)20(28-24)30-8/h15-18H,11-14H2,1-10H3/t17-,18-,23+,24+/m1/s1. The number of hydrogen-bond acceptors (Lipinski definition) is 8. The van der Waals surface area contributed by atoms with Crippen LogP contribution in [-0.2, 0) is 18.9 Å². The number of nitrogens with zero attached hydrogens (tertiary/aromatic N) is 4. The van der Waals surface area contributed by atoms with Crippen LogP contribution in [0.5, 0.6) is 0 Å². The molecule has 0 radical (unpaired) electrons. The Bertz CT molecular complexity index is 710. The third kappa shape index (κ3) is 5.44. The second-order valence-corrected chi connectivity index (χ2v) is 9.72. The van der Waals surface area contributed by atoms with Gasteiger partial charge in [-0.3, -0.25) is 0 Å². The van der Waals surface area contributed by atoms with Gasteiger partial charge in [-0.1, -0.05) is 40.5 Å². The van der Waals surface area contributed by atoms with Crippen LogP contribution in [0, 0.1) is 11.8 Å². The van der Waals surface area contributed by atoms with Crippen LogP contribution in [0.15, 0.2) is 20.0 Å². The molecule has 8 nitrogen and oxygen atoms in total. The zero-order valence-corrected chi connectivity index (χ0v) is 21.6. The fourth-order valence-electron chi connectivity index (χ4n) is 4.37. The Morgan fingerprint density at radius 1 is 0.656 bits per heavy atom. The summed E-state index contributed by atoms with van der Waals surface area (Å²) in [6.45, 7) is 12.6.